The van der Waals surface area contributed by atoms with Crippen molar-refractivity contribution < 1.29 is 40.3 Å². The number of aliphatic hydroxyl groups is 1. The summed E-state index contributed by atoms with van der Waals surface area (Å²) in [6.07, 6.45) is -9.35. The number of benzene rings is 2. The Labute approximate surface area is 287 Å². The van der Waals surface area contributed by atoms with Gasteiger partial charge in [0.05, 0.1) is 11.2 Å². The van der Waals surface area contributed by atoms with Crippen LogP contribution in [0.4, 0.5) is 26.3 Å². The Morgan fingerprint density at radius 3 is 1.65 bits per heavy atom. The van der Waals surface area contributed by atoms with Crippen LogP contribution in [0.2, 0.25) is 10.1 Å². The SMILES string of the molecule is CCC(=CC#CC(O)(C(F)(F)F)C(F)(F)F)c1cccc(CCc2ccc(C(C)(C)O[SiH2]C(C)(C)C)c(C(C)(C)O[SiH2]C(C)(C)C)c2)c1. The third kappa shape index (κ3) is 11.6. The molecular weight excluding hydrogens is 663 g/mol. The van der Waals surface area contributed by atoms with Crippen LogP contribution in [0.3, 0.4) is 0 Å². The summed E-state index contributed by atoms with van der Waals surface area (Å²) in [6.45, 7) is 23.4. The number of halogens is 6. The summed E-state index contributed by atoms with van der Waals surface area (Å²) in [4.78, 5) is 0. The average Bonchev–Trinajstić information content (AvgIpc) is 2.94. The normalized spacial score (nSPS) is 14.7. The second-order valence-corrected chi connectivity index (χ2v) is 21.2. The molecule has 0 bridgehead atoms. The van der Waals surface area contributed by atoms with Gasteiger partial charge >= 0.3 is 18.0 Å². The lowest BCUT2D eigenvalue weighted by molar-refractivity contribution is -0.343. The molecule has 0 aliphatic heterocycles. The van der Waals surface area contributed by atoms with Gasteiger partial charge in [-0.15, -0.1) is 0 Å². The first-order valence-corrected chi connectivity index (χ1v) is 18.8. The smallest absolute Gasteiger partial charge is 0.415 e. The van der Waals surface area contributed by atoms with E-state index in [2.05, 4.69) is 87.4 Å². The molecule has 0 unspecified atom stereocenters. The standard InChI is InChI=1S/C37H52F6O3Si2/c1-12-27(17-14-22-35(44,36(38,39)40)37(41,42)43)28-16-13-15-25(23-28)18-19-26-20-21-29(33(8,9)45-47-31(2,3)4)30(24-26)34(10,11)46-48-32(5,6)7/h13,15-17,20-21,23-24,44H,12,18-19,47-48H2,1-11H3. The first kappa shape index (κ1) is 41.8. The van der Waals surface area contributed by atoms with Crippen LogP contribution in [-0.2, 0) is 32.9 Å². The summed E-state index contributed by atoms with van der Waals surface area (Å²) >= 11 is 0. The van der Waals surface area contributed by atoms with Gasteiger partial charge in [0.15, 0.2) is 19.5 Å². The van der Waals surface area contributed by atoms with Gasteiger partial charge in [-0.3, -0.25) is 0 Å². The highest BCUT2D eigenvalue weighted by Gasteiger charge is 2.70. The molecule has 0 radical (unpaired) electrons. The highest BCUT2D eigenvalue weighted by Crippen LogP contribution is 2.43. The average molecular weight is 715 g/mol. The molecule has 1 N–H and O–H groups in total. The van der Waals surface area contributed by atoms with Crippen molar-refractivity contribution in [2.75, 3.05) is 0 Å². The fourth-order valence-electron chi connectivity index (χ4n) is 4.85. The highest BCUT2D eigenvalue weighted by molar-refractivity contribution is 6.32. The maximum atomic E-state index is 13.0. The van der Waals surface area contributed by atoms with Crippen molar-refractivity contribution in [1.29, 1.82) is 0 Å². The molecule has 0 aliphatic rings. The predicted molar refractivity (Wildman–Crippen MR) is 188 cm³/mol. The van der Waals surface area contributed by atoms with Crippen molar-refractivity contribution in [1.82, 2.24) is 0 Å². The van der Waals surface area contributed by atoms with E-state index in [4.69, 9.17) is 8.85 Å². The third-order valence-corrected chi connectivity index (χ3v) is 11.3. The van der Waals surface area contributed by atoms with E-state index in [0.717, 1.165) is 34.3 Å². The van der Waals surface area contributed by atoms with Crippen molar-refractivity contribution in [3.8, 4) is 11.8 Å². The number of alkyl halides is 6. The summed E-state index contributed by atoms with van der Waals surface area (Å²) < 4.78 is 91.5. The Kier molecular flexibility index (Phi) is 13.3. The summed E-state index contributed by atoms with van der Waals surface area (Å²) in [5.74, 6) is 2.82. The fourth-order valence-corrected chi connectivity index (χ4v) is 6.75. The van der Waals surface area contributed by atoms with Crippen LogP contribution >= 0.6 is 0 Å². The van der Waals surface area contributed by atoms with E-state index in [9.17, 15) is 31.4 Å². The van der Waals surface area contributed by atoms with Gasteiger partial charge in [0.1, 0.15) is 0 Å². The summed E-state index contributed by atoms with van der Waals surface area (Å²) in [6, 6.07) is 13.8. The van der Waals surface area contributed by atoms with Crippen LogP contribution in [0.25, 0.3) is 5.57 Å². The second-order valence-electron chi connectivity index (χ2n) is 15.8. The molecule has 3 nitrogen and oxygen atoms in total. The molecule has 0 atom stereocenters. The van der Waals surface area contributed by atoms with Crippen LogP contribution in [0, 0.1) is 11.8 Å². The molecular formula is C37H52F6O3Si2. The zero-order valence-electron chi connectivity index (χ0n) is 30.2. The molecule has 0 amide bonds. The quantitative estimate of drug-likeness (QED) is 0.143. The van der Waals surface area contributed by atoms with Gasteiger partial charge in [-0.05, 0) is 102 Å². The number of hydrogen-bond acceptors (Lipinski definition) is 3. The van der Waals surface area contributed by atoms with E-state index in [1.165, 1.54) is 0 Å². The van der Waals surface area contributed by atoms with Gasteiger partial charge in [0.25, 0.3) is 0 Å². The van der Waals surface area contributed by atoms with Gasteiger partial charge in [-0.2, -0.15) is 26.3 Å². The minimum atomic E-state index is -6.00. The monoisotopic (exact) mass is 714 g/mol. The zero-order chi connectivity index (χ0) is 37.0. The van der Waals surface area contributed by atoms with Crippen LogP contribution < -0.4 is 0 Å². The first-order chi connectivity index (χ1) is 21.6. The van der Waals surface area contributed by atoms with Gasteiger partial charge in [0.2, 0.25) is 0 Å². The molecule has 2 aromatic carbocycles. The van der Waals surface area contributed by atoms with Gasteiger partial charge in [0, 0.05) is 0 Å². The molecule has 0 fully saturated rings. The van der Waals surface area contributed by atoms with E-state index in [0.29, 0.717) is 30.4 Å². The Bertz CT molecular complexity index is 1470. The number of aryl methyl sites for hydroxylation is 2. The Morgan fingerprint density at radius 2 is 1.19 bits per heavy atom. The minimum Gasteiger partial charge on any atom is -0.415 e. The molecule has 0 aliphatic carbocycles. The maximum absolute atomic E-state index is 13.0. The molecule has 2 aromatic rings. The van der Waals surface area contributed by atoms with Crippen molar-refractivity contribution in [3.63, 3.8) is 0 Å². The molecule has 0 aromatic heterocycles. The van der Waals surface area contributed by atoms with E-state index in [1.54, 1.807) is 19.1 Å². The second kappa shape index (κ2) is 15.3. The largest absolute Gasteiger partial charge is 0.438 e. The van der Waals surface area contributed by atoms with Gasteiger partial charge in [-0.1, -0.05) is 96.9 Å². The van der Waals surface area contributed by atoms with Crippen LogP contribution in [-0.4, -0.2) is 42.6 Å². The fraction of sp³-hybridized carbons (Fsp3) is 0.568. The summed E-state index contributed by atoms with van der Waals surface area (Å²) in [7, 11) is -1.72. The van der Waals surface area contributed by atoms with E-state index < -0.39 is 48.7 Å². The lowest BCUT2D eigenvalue weighted by atomic mass is 9.84. The minimum absolute atomic E-state index is 0.112. The maximum Gasteiger partial charge on any atom is 0.438 e. The van der Waals surface area contributed by atoms with E-state index >= 15 is 0 Å². The van der Waals surface area contributed by atoms with E-state index in [1.807, 2.05) is 18.1 Å². The zero-order valence-corrected chi connectivity index (χ0v) is 33.0. The molecule has 11 heteroatoms. The molecule has 0 saturated carbocycles. The van der Waals surface area contributed by atoms with Crippen LogP contribution in [0.5, 0.6) is 0 Å². The molecule has 0 heterocycles. The summed E-state index contributed by atoms with van der Waals surface area (Å²) in [5.41, 5.74) is -0.844. The van der Waals surface area contributed by atoms with Gasteiger partial charge < -0.3 is 14.0 Å². The van der Waals surface area contributed by atoms with Crippen molar-refractivity contribution in [2.24, 2.45) is 0 Å². The molecule has 2 rings (SSSR count). The van der Waals surface area contributed by atoms with Crippen LogP contribution in [0.1, 0.15) is 110 Å². The summed E-state index contributed by atoms with van der Waals surface area (Å²) in [5, 5.41) is 9.60. The molecule has 0 saturated heterocycles. The lowest BCUT2D eigenvalue weighted by Crippen LogP contribution is -2.55. The Hall–Kier alpha value is -2.37. The third-order valence-electron chi connectivity index (χ3n) is 7.81. The van der Waals surface area contributed by atoms with Gasteiger partial charge in [-0.25, -0.2) is 0 Å². The van der Waals surface area contributed by atoms with E-state index in [-0.39, 0.29) is 10.1 Å². The Balaban J connectivity index is 2.43. The highest BCUT2D eigenvalue weighted by atomic mass is 28.2. The van der Waals surface area contributed by atoms with Crippen molar-refractivity contribution in [2.45, 2.75) is 135 Å². The lowest BCUT2D eigenvalue weighted by Gasteiger charge is -2.38. The predicted octanol–water partition coefficient (Wildman–Crippen LogP) is 9.23. The molecule has 0 spiro atoms. The first-order valence-electron chi connectivity index (χ1n) is 16.2. The molecule has 48 heavy (non-hydrogen) atoms. The number of hydrogen-bond donors (Lipinski definition) is 1. The molecule has 268 valence electrons. The Morgan fingerprint density at radius 1 is 0.708 bits per heavy atom. The van der Waals surface area contributed by atoms with Crippen molar-refractivity contribution in [3.05, 3.63) is 76.4 Å². The van der Waals surface area contributed by atoms with Crippen molar-refractivity contribution >= 4 is 25.1 Å². The number of rotatable bonds is 11. The van der Waals surface area contributed by atoms with Crippen LogP contribution in [0.15, 0.2) is 48.5 Å². The topological polar surface area (TPSA) is 38.7 Å². The number of allylic oxidation sites excluding steroid dienone is 2.